The predicted octanol–water partition coefficient (Wildman–Crippen LogP) is 1.28. The van der Waals surface area contributed by atoms with Gasteiger partial charge in [-0.2, -0.15) is 0 Å². The minimum absolute atomic E-state index is 0.00724. The molecule has 10 heteroatoms. The number of carboxylic acid groups (broad SMARTS) is 3. The third kappa shape index (κ3) is 8.31. The van der Waals surface area contributed by atoms with Crippen LogP contribution in [0.1, 0.15) is 25.3 Å². The highest BCUT2D eigenvalue weighted by Gasteiger charge is 2.40. The van der Waals surface area contributed by atoms with E-state index in [1.165, 1.54) is 23.3 Å². The second-order valence-corrected chi connectivity index (χ2v) is 6.71. The van der Waals surface area contributed by atoms with Gasteiger partial charge in [0.15, 0.2) is 5.60 Å². The second-order valence-electron chi connectivity index (χ2n) is 6.71. The number of rotatable bonds is 9. The summed E-state index contributed by atoms with van der Waals surface area (Å²) in [5.74, 6) is -4.16. The monoisotopic (exact) mass is 435 g/mol. The molecule has 2 aromatic rings. The van der Waals surface area contributed by atoms with E-state index in [1.54, 1.807) is 7.11 Å². The fourth-order valence-electron chi connectivity index (χ4n) is 2.75. The van der Waals surface area contributed by atoms with Crippen molar-refractivity contribution < 1.29 is 44.3 Å². The Hall–Kier alpha value is -3.66. The van der Waals surface area contributed by atoms with Crippen LogP contribution in [0.4, 0.5) is 0 Å². The number of fused-ring (bicyclic) bond motifs is 1. The summed E-state index contributed by atoms with van der Waals surface area (Å²) in [6, 6.07) is 12.3. The molecule has 10 nitrogen and oxygen atoms in total. The van der Waals surface area contributed by atoms with Crippen molar-refractivity contribution in [1.29, 1.82) is 0 Å². The predicted molar refractivity (Wildman–Crippen MR) is 110 cm³/mol. The van der Waals surface area contributed by atoms with Gasteiger partial charge in [-0.15, -0.1) is 0 Å². The first-order valence-electron chi connectivity index (χ1n) is 9.18. The normalized spacial score (nSPS) is 10.5. The Labute approximate surface area is 178 Å². The average molecular weight is 435 g/mol. The largest absolute Gasteiger partial charge is 0.497 e. The van der Waals surface area contributed by atoms with Crippen LogP contribution in [-0.2, 0) is 25.6 Å². The molecule has 0 radical (unpaired) electrons. The van der Waals surface area contributed by atoms with E-state index in [2.05, 4.69) is 23.5 Å². The highest BCUT2D eigenvalue weighted by molar-refractivity contribution is 5.88. The number of methoxy groups -OCH3 is 1. The Morgan fingerprint density at radius 2 is 1.61 bits per heavy atom. The molecule has 1 amide bonds. The number of carbonyl (C=O) groups excluding carboxylic acids is 1. The fraction of sp³-hybridized carbons (Fsp3) is 0.333. The molecular formula is C21H25NO9. The van der Waals surface area contributed by atoms with Gasteiger partial charge in [-0.25, -0.2) is 4.79 Å². The van der Waals surface area contributed by atoms with Crippen molar-refractivity contribution in [2.45, 2.75) is 31.8 Å². The number of nitrogens with one attached hydrogen (secondary N) is 1. The van der Waals surface area contributed by atoms with E-state index in [0.29, 0.717) is 6.54 Å². The smallest absolute Gasteiger partial charge is 0.336 e. The average Bonchev–Trinajstić information content (AvgIpc) is 2.66. The van der Waals surface area contributed by atoms with Gasteiger partial charge in [0.2, 0.25) is 5.91 Å². The number of carboxylic acids is 3. The van der Waals surface area contributed by atoms with E-state index in [9.17, 15) is 19.2 Å². The number of aliphatic hydroxyl groups is 1. The Morgan fingerprint density at radius 3 is 2.10 bits per heavy atom. The van der Waals surface area contributed by atoms with Crippen molar-refractivity contribution in [3.63, 3.8) is 0 Å². The highest BCUT2D eigenvalue weighted by Crippen LogP contribution is 2.24. The molecule has 0 aliphatic heterocycles. The summed E-state index contributed by atoms with van der Waals surface area (Å²) < 4.78 is 5.25. The third-order valence-electron chi connectivity index (χ3n) is 4.23. The lowest BCUT2D eigenvalue weighted by Gasteiger charge is -2.18. The zero-order valence-electron chi connectivity index (χ0n) is 17.1. The number of hydrogen-bond acceptors (Lipinski definition) is 6. The molecule has 31 heavy (non-hydrogen) atoms. The van der Waals surface area contributed by atoms with Gasteiger partial charge < -0.3 is 30.5 Å². The first-order valence-corrected chi connectivity index (χ1v) is 9.18. The Bertz CT molecular complexity index is 939. The zero-order valence-corrected chi connectivity index (χ0v) is 17.1. The van der Waals surface area contributed by atoms with Gasteiger partial charge in [0.25, 0.3) is 0 Å². The van der Waals surface area contributed by atoms with Crippen LogP contribution >= 0.6 is 0 Å². The van der Waals surface area contributed by atoms with Crippen LogP contribution in [0.15, 0.2) is 36.4 Å². The summed E-state index contributed by atoms with van der Waals surface area (Å²) in [7, 11) is 1.67. The summed E-state index contributed by atoms with van der Waals surface area (Å²) in [4.78, 5) is 41.4. The number of amides is 1. The van der Waals surface area contributed by atoms with Crippen LogP contribution in [0.3, 0.4) is 0 Å². The molecule has 0 aromatic heterocycles. The van der Waals surface area contributed by atoms with Crippen molar-refractivity contribution in [3.8, 4) is 5.75 Å². The van der Waals surface area contributed by atoms with E-state index < -0.39 is 36.4 Å². The highest BCUT2D eigenvalue weighted by atomic mass is 16.5. The number of hydrogen-bond donors (Lipinski definition) is 5. The lowest BCUT2D eigenvalue weighted by molar-refractivity contribution is -0.170. The molecule has 0 heterocycles. The summed E-state index contributed by atoms with van der Waals surface area (Å²) in [6.07, 6.45) is -1.46. The van der Waals surface area contributed by atoms with Crippen LogP contribution in [0.25, 0.3) is 10.8 Å². The van der Waals surface area contributed by atoms with Crippen molar-refractivity contribution in [3.05, 3.63) is 42.0 Å². The van der Waals surface area contributed by atoms with Gasteiger partial charge in [-0.05, 0) is 34.9 Å². The first-order chi connectivity index (χ1) is 14.5. The molecule has 0 atom stereocenters. The molecule has 2 rings (SSSR count). The molecule has 0 spiro atoms. The van der Waals surface area contributed by atoms with Gasteiger partial charge in [0.1, 0.15) is 5.75 Å². The van der Waals surface area contributed by atoms with Crippen LogP contribution in [-0.4, -0.2) is 63.5 Å². The van der Waals surface area contributed by atoms with Crippen LogP contribution in [0.2, 0.25) is 0 Å². The first kappa shape index (κ1) is 25.4. The minimum atomic E-state index is -2.74. The molecule has 0 saturated heterocycles. The van der Waals surface area contributed by atoms with Gasteiger partial charge in [0.05, 0.1) is 20.0 Å². The van der Waals surface area contributed by atoms with Crippen LogP contribution in [0, 0.1) is 0 Å². The summed E-state index contributed by atoms with van der Waals surface area (Å²) in [5.41, 5.74) is -1.52. The molecule has 0 fully saturated rings. The topological polar surface area (TPSA) is 170 Å². The second kappa shape index (κ2) is 11.5. The van der Waals surface area contributed by atoms with E-state index in [-0.39, 0.29) is 5.91 Å². The molecule has 0 unspecified atom stereocenters. The van der Waals surface area contributed by atoms with Gasteiger partial charge in [-0.3, -0.25) is 14.4 Å². The summed E-state index contributed by atoms with van der Waals surface area (Å²) >= 11 is 0. The number of aliphatic carboxylic acids is 3. The quantitative estimate of drug-likeness (QED) is 0.389. The maximum atomic E-state index is 10.9. The van der Waals surface area contributed by atoms with Crippen LogP contribution < -0.4 is 10.1 Å². The summed E-state index contributed by atoms with van der Waals surface area (Å²) in [5, 5.41) is 39.0. The fourth-order valence-corrected chi connectivity index (χ4v) is 2.75. The van der Waals surface area contributed by atoms with E-state index in [1.807, 2.05) is 18.2 Å². The minimum Gasteiger partial charge on any atom is -0.497 e. The van der Waals surface area contributed by atoms with Crippen molar-refractivity contribution >= 4 is 34.6 Å². The van der Waals surface area contributed by atoms with E-state index in [4.69, 9.17) is 25.2 Å². The summed E-state index contributed by atoms with van der Waals surface area (Å²) in [6.45, 7) is 2.19. The Morgan fingerprint density at radius 1 is 1.00 bits per heavy atom. The molecule has 0 saturated carbocycles. The van der Waals surface area contributed by atoms with Crippen molar-refractivity contribution in [1.82, 2.24) is 5.32 Å². The number of carbonyl (C=O) groups is 4. The van der Waals surface area contributed by atoms with Crippen molar-refractivity contribution in [2.24, 2.45) is 0 Å². The Balaban J connectivity index is 0.000000330. The Kier molecular flexibility index (Phi) is 9.42. The maximum absolute atomic E-state index is 10.9. The SMILES string of the molecule is COc1ccc2cccc(CCNC(C)=O)c2c1.O=C(O)CC(O)(CC(=O)O)C(=O)O. The molecule has 0 aliphatic carbocycles. The van der Waals surface area contributed by atoms with E-state index in [0.717, 1.165) is 12.2 Å². The molecule has 0 aliphatic rings. The maximum Gasteiger partial charge on any atom is 0.336 e. The lowest BCUT2D eigenvalue weighted by atomic mass is 9.96. The van der Waals surface area contributed by atoms with Crippen LogP contribution in [0.5, 0.6) is 5.75 Å². The molecule has 168 valence electrons. The molecule has 2 aromatic carbocycles. The lowest BCUT2D eigenvalue weighted by Crippen LogP contribution is -2.42. The van der Waals surface area contributed by atoms with Crippen molar-refractivity contribution in [2.75, 3.05) is 13.7 Å². The van der Waals surface area contributed by atoms with E-state index >= 15 is 0 Å². The molecule has 0 bridgehead atoms. The van der Waals surface area contributed by atoms with Gasteiger partial charge >= 0.3 is 17.9 Å². The van der Waals surface area contributed by atoms with Gasteiger partial charge in [-0.1, -0.05) is 24.3 Å². The standard InChI is InChI=1S/C15H17NO2.C6H8O7/c1-11(17)16-9-8-13-5-3-4-12-6-7-14(18-2)10-15(12)13;7-3(8)1-6(13,5(11)12)2-4(9)10/h3-7,10H,8-9H2,1-2H3,(H,16,17);13H,1-2H2,(H,7,8)(H,9,10)(H,11,12). The number of benzene rings is 2. The van der Waals surface area contributed by atoms with Gasteiger partial charge in [0, 0.05) is 13.5 Å². The number of ether oxygens (including phenoxy) is 1. The zero-order chi connectivity index (χ0) is 23.6. The molecule has 5 N–H and O–H groups in total. The molecular weight excluding hydrogens is 410 g/mol. The third-order valence-corrected chi connectivity index (χ3v) is 4.23.